The van der Waals surface area contributed by atoms with Crippen LogP contribution in [0.1, 0.15) is 26.2 Å². The van der Waals surface area contributed by atoms with E-state index in [-0.39, 0.29) is 16.6 Å². The van der Waals surface area contributed by atoms with Crippen molar-refractivity contribution in [2.45, 2.75) is 26.2 Å². The smallest absolute Gasteiger partial charge is 0.293 e. The Morgan fingerprint density at radius 1 is 1.20 bits per heavy atom. The molecule has 0 atom stereocenters. The maximum atomic E-state index is 13.4. The van der Waals surface area contributed by atoms with E-state index in [2.05, 4.69) is 22.1 Å². The van der Waals surface area contributed by atoms with E-state index in [0.29, 0.717) is 40.9 Å². The van der Waals surface area contributed by atoms with Crippen molar-refractivity contribution in [2.24, 2.45) is 0 Å². The van der Waals surface area contributed by atoms with Crippen LogP contribution in [0.3, 0.4) is 0 Å². The molecule has 1 heterocycles. The molecule has 3 aromatic rings. The van der Waals surface area contributed by atoms with E-state index in [1.54, 1.807) is 24.3 Å². The van der Waals surface area contributed by atoms with Gasteiger partial charge in [-0.3, -0.25) is 14.9 Å². The van der Waals surface area contributed by atoms with Crippen molar-refractivity contribution in [3.8, 4) is 5.75 Å². The Labute approximate surface area is 175 Å². The molecule has 0 fully saturated rings. The molecule has 0 bridgehead atoms. The Kier molecular flexibility index (Phi) is 6.89. The first-order valence-corrected chi connectivity index (χ1v) is 10.2. The number of pyridine rings is 1. The van der Waals surface area contributed by atoms with Crippen LogP contribution in [0.25, 0.3) is 21.8 Å². The summed E-state index contributed by atoms with van der Waals surface area (Å²) in [6.07, 6.45) is 2.83. The predicted molar refractivity (Wildman–Crippen MR) is 121 cm³/mol. The quantitative estimate of drug-likeness (QED) is 0.225. The van der Waals surface area contributed by atoms with Crippen LogP contribution >= 0.6 is 0 Å². The zero-order valence-corrected chi connectivity index (χ0v) is 17.7. The van der Waals surface area contributed by atoms with Crippen LogP contribution in [0.2, 0.25) is 0 Å². The minimum atomic E-state index is -0.470. The number of hydrogen-bond acceptors (Lipinski definition) is 6. The van der Waals surface area contributed by atoms with Gasteiger partial charge in [-0.25, -0.2) is 0 Å². The van der Waals surface area contributed by atoms with Gasteiger partial charge >= 0.3 is 0 Å². The second-order valence-corrected chi connectivity index (χ2v) is 7.59. The van der Waals surface area contributed by atoms with Crippen molar-refractivity contribution < 1.29 is 9.66 Å². The highest BCUT2D eigenvalue weighted by Gasteiger charge is 2.19. The molecule has 3 rings (SSSR count). The first kappa shape index (κ1) is 21.6. The summed E-state index contributed by atoms with van der Waals surface area (Å²) in [5.74, 6) is 0.617. The Bertz CT molecular complexity index is 1110. The maximum Gasteiger partial charge on any atom is 0.293 e. The second kappa shape index (κ2) is 9.58. The van der Waals surface area contributed by atoms with Gasteiger partial charge in [0.2, 0.25) is 0 Å². The van der Waals surface area contributed by atoms with Gasteiger partial charge in [-0.1, -0.05) is 13.3 Å². The normalized spacial score (nSPS) is 11.3. The van der Waals surface area contributed by atoms with Gasteiger partial charge in [0, 0.05) is 23.7 Å². The minimum absolute atomic E-state index is 0.119. The summed E-state index contributed by atoms with van der Waals surface area (Å²) in [7, 11) is 4.00. The first-order valence-electron chi connectivity index (χ1n) is 10.2. The zero-order valence-electron chi connectivity index (χ0n) is 17.7. The minimum Gasteiger partial charge on any atom is -0.494 e. The van der Waals surface area contributed by atoms with E-state index in [4.69, 9.17) is 4.74 Å². The fourth-order valence-corrected chi connectivity index (χ4v) is 3.39. The van der Waals surface area contributed by atoms with E-state index in [9.17, 15) is 14.9 Å². The van der Waals surface area contributed by atoms with Gasteiger partial charge in [0.1, 0.15) is 11.3 Å². The van der Waals surface area contributed by atoms with Crippen molar-refractivity contribution in [1.82, 2.24) is 9.88 Å². The van der Waals surface area contributed by atoms with Crippen LogP contribution in [0, 0.1) is 10.1 Å². The molecule has 0 unspecified atom stereocenters. The molecular formula is C22H28N4O4. The average molecular weight is 412 g/mol. The van der Waals surface area contributed by atoms with Crippen LogP contribution in [-0.2, 0) is 0 Å². The molecule has 8 nitrogen and oxygen atoms in total. The summed E-state index contributed by atoms with van der Waals surface area (Å²) in [4.78, 5) is 29.6. The van der Waals surface area contributed by atoms with Crippen molar-refractivity contribution in [2.75, 3.05) is 39.1 Å². The zero-order chi connectivity index (χ0) is 21.7. The molecular weight excluding hydrogens is 384 g/mol. The molecule has 160 valence electrons. The number of non-ortho nitro benzene ring substituents is 1. The van der Waals surface area contributed by atoms with Gasteiger partial charge in [0.15, 0.2) is 5.43 Å². The lowest BCUT2D eigenvalue weighted by molar-refractivity contribution is -0.383. The molecule has 0 saturated carbocycles. The van der Waals surface area contributed by atoms with Crippen LogP contribution in [0.15, 0.2) is 35.1 Å². The van der Waals surface area contributed by atoms with Gasteiger partial charge in [-0.15, -0.1) is 0 Å². The Morgan fingerprint density at radius 3 is 2.70 bits per heavy atom. The second-order valence-electron chi connectivity index (χ2n) is 7.59. The first-order chi connectivity index (χ1) is 14.4. The molecule has 0 aliphatic heterocycles. The number of nitro groups is 1. The summed E-state index contributed by atoms with van der Waals surface area (Å²) < 4.78 is 5.73. The van der Waals surface area contributed by atoms with E-state index >= 15 is 0 Å². The fraction of sp³-hybridized carbons (Fsp3) is 0.409. The monoisotopic (exact) mass is 412 g/mol. The lowest BCUT2D eigenvalue weighted by Gasteiger charge is -2.13. The maximum absolute atomic E-state index is 13.4. The molecule has 2 N–H and O–H groups in total. The molecule has 8 heteroatoms. The van der Waals surface area contributed by atoms with Crippen LogP contribution in [0.5, 0.6) is 5.75 Å². The number of nitrogens with one attached hydrogen (secondary N) is 2. The molecule has 30 heavy (non-hydrogen) atoms. The number of fused-ring (bicyclic) bond motifs is 2. The number of ether oxygens (including phenoxy) is 1. The Balaban J connectivity index is 2.08. The average Bonchev–Trinajstić information content (AvgIpc) is 2.71. The van der Waals surface area contributed by atoms with Gasteiger partial charge in [0.25, 0.3) is 5.69 Å². The number of rotatable bonds is 10. The van der Waals surface area contributed by atoms with Crippen LogP contribution in [0.4, 0.5) is 11.4 Å². The van der Waals surface area contributed by atoms with Crippen molar-refractivity contribution in [3.63, 3.8) is 0 Å². The molecule has 0 saturated heterocycles. The highest BCUT2D eigenvalue weighted by molar-refractivity contribution is 6.03. The van der Waals surface area contributed by atoms with Gasteiger partial charge in [-0.05, 0) is 57.7 Å². The van der Waals surface area contributed by atoms with Gasteiger partial charge in [0.05, 0.1) is 22.4 Å². The highest BCUT2D eigenvalue weighted by atomic mass is 16.6. The molecule has 0 amide bonds. The number of benzene rings is 2. The largest absolute Gasteiger partial charge is 0.494 e. The number of H-pyrrole nitrogens is 1. The molecule has 0 radical (unpaired) electrons. The summed E-state index contributed by atoms with van der Waals surface area (Å²) in [6.45, 7) is 4.22. The third kappa shape index (κ3) is 4.71. The summed E-state index contributed by atoms with van der Waals surface area (Å²) >= 11 is 0. The van der Waals surface area contributed by atoms with Gasteiger partial charge in [-0.2, -0.15) is 0 Å². The lowest BCUT2D eigenvalue weighted by atomic mass is 10.1. The number of anilines is 1. The third-order valence-corrected chi connectivity index (χ3v) is 4.97. The highest BCUT2D eigenvalue weighted by Crippen LogP contribution is 2.30. The number of nitrogens with zero attached hydrogens (tertiary/aromatic N) is 2. The molecule has 2 aromatic carbocycles. The van der Waals surface area contributed by atoms with Gasteiger partial charge < -0.3 is 19.9 Å². The number of nitro benzene ring substituents is 1. The summed E-state index contributed by atoms with van der Waals surface area (Å²) in [6, 6.07) is 8.25. The standard InChI is InChI=1S/C22H28N4O4/c1-4-5-13-30-15-7-8-17-16(14-15)22(27)20-18(23-11-6-12-25(2)3)9-10-19(26(28)29)21(20)24-17/h7-10,14,23H,4-6,11-13H2,1-3H3,(H,24,27). The topological polar surface area (TPSA) is 100 Å². The number of aromatic nitrogens is 1. The Hall–Kier alpha value is -3.13. The Morgan fingerprint density at radius 2 is 2.00 bits per heavy atom. The van der Waals surface area contributed by atoms with E-state index in [0.717, 1.165) is 25.8 Å². The summed E-state index contributed by atoms with van der Waals surface area (Å²) in [5.41, 5.74) is 0.998. The van der Waals surface area contributed by atoms with E-state index in [1.165, 1.54) is 6.07 Å². The number of unbranched alkanes of at least 4 members (excludes halogenated alkanes) is 1. The number of hydrogen-bond donors (Lipinski definition) is 2. The van der Waals surface area contributed by atoms with E-state index in [1.807, 2.05) is 14.1 Å². The summed E-state index contributed by atoms with van der Waals surface area (Å²) in [5, 5.41) is 15.6. The predicted octanol–water partition coefficient (Wildman–Crippen LogP) is 4.13. The molecule has 0 aliphatic rings. The fourth-order valence-electron chi connectivity index (χ4n) is 3.39. The molecule has 0 spiro atoms. The third-order valence-electron chi connectivity index (χ3n) is 4.97. The molecule has 1 aromatic heterocycles. The van der Waals surface area contributed by atoms with Crippen molar-refractivity contribution in [3.05, 3.63) is 50.7 Å². The number of aromatic amines is 1. The van der Waals surface area contributed by atoms with Crippen molar-refractivity contribution in [1.29, 1.82) is 0 Å². The van der Waals surface area contributed by atoms with Crippen molar-refractivity contribution >= 4 is 33.2 Å². The van der Waals surface area contributed by atoms with Crippen LogP contribution < -0.4 is 15.5 Å². The van der Waals surface area contributed by atoms with Crippen LogP contribution in [-0.4, -0.2) is 48.6 Å². The molecule has 0 aliphatic carbocycles. The van der Waals surface area contributed by atoms with E-state index < -0.39 is 4.92 Å². The SMILES string of the molecule is CCCCOc1ccc2[nH]c3c([N+](=O)[O-])ccc(NCCCN(C)C)c3c(=O)c2c1. The lowest BCUT2D eigenvalue weighted by Crippen LogP contribution is -2.17.